The van der Waals surface area contributed by atoms with E-state index in [-0.39, 0.29) is 6.04 Å². The normalized spacial score (nSPS) is 13.2. The summed E-state index contributed by atoms with van der Waals surface area (Å²) in [6.45, 7) is 11.2. The molecule has 2 heterocycles. The first kappa shape index (κ1) is 14.8. The van der Waals surface area contributed by atoms with Crippen LogP contribution in [-0.4, -0.2) is 14.9 Å². The number of aryl methyl sites for hydroxylation is 3. The summed E-state index contributed by atoms with van der Waals surface area (Å²) in [5.41, 5.74) is 4.52. The fourth-order valence-electron chi connectivity index (χ4n) is 2.65. The lowest BCUT2D eigenvalue weighted by atomic mass is 10.0. The van der Waals surface area contributed by atoms with Gasteiger partial charge in [0.2, 0.25) is 0 Å². The van der Waals surface area contributed by atoms with Gasteiger partial charge in [-0.25, -0.2) is 0 Å². The van der Waals surface area contributed by atoms with Gasteiger partial charge in [-0.1, -0.05) is 19.0 Å². The molecule has 2 aromatic rings. The topological polar surface area (TPSA) is 55.9 Å². The molecule has 0 saturated heterocycles. The van der Waals surface area contributed by atoms with Crippen molar-refractivity contribution in [3.8, 4) is 0 Å². The van der Waals surface area contributed by atoms with Crippen LogP contribution < -0.4 is 5.32 Å². The highest BCUT2D eigenvalue weighted by atomic mass is 16.5. The molecule has 0 bridgehead atoms. The van der Waals surface area contributed by atoms with Gasteiger partial charge in [-0.2, -0.15) is 5.10 Å². The number of hydrogen-bond acceptors (Lipinski definition) is 4. The van der Waals surface area contributed by atoms with Crippen LogP contribution in [0.15, 0.2) is 10.7 Å². The second kappa shape index (κ2) is 5.79. The van der Waals surface area contributed by atoms with Gasteiger partial charge in [0, 0.05) is 37.0 Å². The van der Waals surface area contributed by atoms with Crippen LogP contribution in [0.4, 0.5) is 0 Å². The Bertz CT molecular complexity index is 563. The molecule has 0 aliphatic heterocycles. The van der Waals surface area contributed by atoms with Crippen molar-refractivity contribution in [2.24, 2.45) is 7.05 Å². The lowest BCUT2D eigenvalue weighted by Gasteiger charge is -2.14. The van der Waals surface area contributed by atoms with E-state index in [4.69, 9.17) is 4.52 Å². The second-order valence-corrected chi connectivity index (χ2v) is 5.71. The molecule has 0 spiro atoms. The molecule has 20 heavy (non-hydrogen) atoms. The van der Waals surface area contributed by atoms with E-state index in [0.717, 1.165) is 29.3 Å². The van der Waals surface area contributed by atoms with E-state index >= 15 is 0 Å². The quantitative estimate of drug-likeness (QED) is 0.912. The Kier molecular flexibility index (Phi) is 4.28. The molecule has 5 heteroatoms. The molecule has 1 N–H and O–H groups in total. The molecule has 0 saturated carbocycles. The van der Waals surface area contributed by atoms with Crippen molar-refractivity contribution in [2.45, 2.75) is 53.1 Å². The Morgan fingerprint density at radius 3 is 2.55 bits per heavy atom. The van der Waals surface area contributed by atoms with E-state index in [2.05, 4.69) is 42.5 Å². The van der Waals surface area contributed by atoms with E-state index < -0.39 is 0 Å². The predicted molar refractivity (Wildman–Crippen MR) is 78.5 cm³/mol. The standard InChI is InChI=1S/C15H24N4O/c1-9(2)15-13(8-19(6)17-15)7-16-10(3)14-11(4)18-20-12(14)5/h8-10,16H,7H2,1-6H3. The van der Waals surface area contributed by atoms with Crippen molar-refractivity contribution >= 4 is 0 Å². The molecular weight excluding hydrogens is 252 g/mol. The minimum absolute atomic E-state index is 0.210. The predicted octanol–water partition coefficient (Wildman–Crippen LogP) is 3.00. The molecule has 1 unspecified atom stereocenters. The molecule has 0 amide bonds. The van der Waals surface area contributed by atoms with E-state index in [0.29, 0.717) is 5.92 Å². The van der Waals surface area contributed by atoms with Crippen molar-refractivity contribution in [1.82, 2.24) is 20.3 Å². The van der Waals surface area contributed by atoms with Gasteiger partial charge < -0.3 is 9.84 Å². The summed E-state index contributed by atoms with van der Waals surface area (Å²) < 4.78 is 7.11. The highest BCUT2D eigenvalue weighted by molar-refractivity contribution is 5.25. The lowest BCUT2D eigenvalue weighted by molar-refractivity contribution is 0.390. The summed E-state index contributed by atoms with van der Waals surface area (Å²) in [4.78, 5) is 0. The first-order chi connectivity index (χ1) is 9.40. The van der Waals surface area contributed by atoms with Gasteiger partial charge in [0.15, 0.2) is 0 Å². The zero-order valence-electron chi connectivity index (χ0n) is 13.2. The smallest absolute Gasteiger partial charge is 0.138 e. The Hall–Kier alpha value is -1.62. The van der Waals surface area contributed by atoms with Gasteiger partial charge in [0.05, 0.1) is 11.4 Å². The fourth-order valence-corrected chi connectivity index (χ4v) is 2.65. The third-order valence-electron chi connectivity index (χ3n) is 3.60. The average molecular weight is 276 g/mol. The van der Waals surface area contributed by atoms with Crippen molar-refractivity contribution in [1.29, 1.82) is 0 Å². The van der Waals surface area contributed by atoms with E-state index in [1.165, 1.54) is 5.56 Å². The number of aromatic nitrogens is 3. The van der Waals surface area contributed by atoms with Crippen LogP contribution in [-0.2, 0) is 13.6 Å². The highest BCUT2D eigenvalue weighted by Gasteiger charge is 2.17. The number of nitrogens with one attached hydrogen (secondary N) is 1. The first-order valence-corrected chi connectivity index (χ1v) is 7.08. The highest BCUT2D eigenvalue weighted by Crippen LogP contribution is 2.22. The summed E-state index contributed by atoms with van der Waals surface area (Å²) in [5.74, 6) is 1.32. The lowest BCUT2D eigenvalue weighted by Crippen LogP contribution is -2.19. The summed E-state index contributed by atoms with van der Waals surface area (Å²) >= 11 is 0. The van der Waals surface area contributed by atoms with E-state index in [1.807, 2.05) is 25.6 Å². The van der Waals surface area contributed by atoms with Crippen molar-refractivity contribution < 1.29 is 4.52 Å². The summed E-state index contributed by atoms with van der Waals surface area (Å²) in [7, 11) is 1.97. The maximum absolute atomic E-state index is 5.23. The van der Waals surface area contributed by atoms with Gasteiger partial charge in [-0.05, 0) is 26.7 Å². The minimum atomic E-state index is 0.210. The summed E-state index contributed by atoms with van der Waals surface area (Å²) in [6.07, 6.45) is 2.09. The summed E-state index contributed by atoms with van der Waals surface area (Å²) in [6, 6.07) is 0.210. The second-order valence-electron chi connectivity index (χ2n) is 5.71. The zero-order valence-corrected chi connectivity index (χ0v) is 13.2. The van der Waals surface area contributed by atoms with Gasteiger partial charge in [-0.3, -0.25) is 4.68 Å². The van der Waals surface area contributed by atoms with Crippen LogP contribution in [0, 0.1) is 13.8 Å². The maximum atomic E-state index is 5.23. The molecule has 110 valence electrons. The molecule has 0 aliphatic rings. The Morgan fingerprint density at radius 2 is 2.00 bits per heavy atom. The minimum Gasteiger partial charge on any atom is -0.361 e. The molecule has 0 fully saturated rings. The fraction of sp³-hybridized carbons (Fsp3) is 0.600. The largest absolute Gasteiger partial charge is 0.361 e. The van der Waals surface area contributed by atoms with Crippen LogP contribution in [0.2, 0.25) is 0 Å². The molecule has 5 nitrogen and oxygen atoms in total. The van der Waals surface area contributed by atoms with Crippen LogP contribution in [0.25, 0.3) is 0 Å². The number of rotatable bonds is 5. The van der Waals surface area contributed by atoms with Crippen molar-refractivity contribution in [2.75, 3.05) is 0 Å². The van der Waals surface area contributed by atoms with Gasteiger partial charge >= 0.3 is 0 Å². The number of nitrogens with zero attached hydrogens (tertiary/aromatic N) is 3. The molecule has 1 atom stereocenters. The number of hydrogen-bond donors (Lipinski definition) is 1. The average Bonchev–Trinajstić information content (AvgIpc) is 2.90. The maximum Gasteiger partial charge on any atom is 0.138 e. The molecule has 0 aromatic carbocycles. The SMILES string of the molecule is Cc1noc(C)c1C(C)NCc1cn(C)nc1C(C)C. The summed E-state index contributed by atoms with van der Waals surface area (Å²) in [5, 5.41) is 12.1. The van der Waals surface area contributed by atoms with Crippen LogP contribution >= 0.6 is 0 Å². The van der Waals surface area contributed by atoms with Crippen LogP contribution in [0.3, 0.4) is 0 Å². The van der Waals surface area contributed by atoms with E-state index in [9.17, 15) is 0 Å². The van der Waals surface area contributed by atoms with E-state index in [1.54, 1.807) is 0 Å². The first-order valence-electron chi connectivity index (χ1n) is 7.08. The van der Waals surface area contributed by atoms with Crippen molar-refractivity contribution in [3.63, 3.8) is 0 Å². The van der Waals surface area contributed by atoms with Gasteiger partial charge in [-0.15, -0.1) is 0 Å². The molecule has 0 radical (unpaired) electrons. The van der Waals surface area contributed by atoms with Crippen molar-refractivity contribution in [3.05, 3.63) is 34.5 Å². The molecule has 2 aromatic heterocycles. The third kappa shape index (κ3) is 2.93. The van der Waals surface area contributed by atoms with Crippen LogP contribution in [0.5, 0.6) is 0 Å². The molecule has 2 rings (SSSR count). The Labute approximate surface area is 120 Å². The molecule has 0 aliphatic carbocycles. The Balaban J connectivity index is 2.09. The van der Waals surface area contributed by atoms with Gasteiger partial charge in [0.25, 0.3) is 0 Å². The molecular formula is C15H24N4O. The van der Waals surface area contributed by atoms with Gasteiger partial charge in [0.1, 0.15) is 5.76 Å². The monoisotopic (exact) mass is 276 g/mol. The zero-order chi connectivity index (χ0) is 14.9. The Morgan fingerprint density at radius 1 is 1.30 bits per heavy atom. The third-order valence-corrected chi connectivity index (χ3v) is 3.60. The van der Waals surface area contributed by atoms with Crippen LogP contribution in [0.1, 0.15) is 61.0 Å².